The Balaban J connectivity index is 1.76. The van der Waals surface area contributed by atoms with Gasteiger partial charge in [0, 0.05) is 18.6 Å². The van der Waals surface area contributed by atoms with Gasteiger partial charge in [0.1, 0.15) is 5.02 Å². The van der Waals surface area contributed by atoms with Gasteiger partial charge in [-0.2, -0.15) is 5.10 Å². The molecule has 0 aromatic carbocycles. The molecule has 3 rings (SSSR count). The van der Waals surface area contributed by atoms with Gasteiger partial charge in [-0.1, -0.05) is 18.0 Å². The van der Waals surface area contributed by atoms with Crippen molar-refractivity contribution in [3.8, 4) is 0 Å². The average Bonchev–Trinajstić information content (AvgIpc) is 2.79. The maximum atomic E-state index is 11.4. The van der Waals surface area contributed by atoms with E-state index in [0.29, 0.717) is 17.8 Å². The van der Waals surface area contributed by atoms with Crippen LogP contribution in [-0.4, -0.2) is 40.3 Å². The Hall–Kier alpha value is -1.07. The lowest BCUT2D eigenvalue weighted by molar-refractivity contribution is 0.193. The maximum Gasteiger partial charge on any atom is 0.285 e. The molecule has 2 atom stereocenters. The number of rotatable bonds is 2. The summed E-state index contributed by atoms with van der Waals surface area (Å²) < 4.78 is 0. The van der Waals surface area contributed by atoms with Crippen molar-refractivity contribution in [2.45, 2.75) is 37.8 Å². The number of H-pyrrole nitrogens is 1. The normalized spacial score (nSPS) is 28.1. The van der Waals surface area contributed by atoms with E-state index in [-0.39, 0.29) is 10.6 Å². The fourth-order valence-electron chi connectivity index (χ4n) is 3.10. The third kappa shape index (κ3) is 2.12. The summed E-state index contributed by atoms with van der Waals surface area (Å²) in [6, 6.07) is 0.959. The van der Waals surface area contributed by atoms with E-state index in [2.05, 4.69) is 20.4 Å². The lowest BCUT2D eigenvalue weighted by atomic mass is 9.99. The Morgan fingerprint density at radius 2 is 2.28 bits per heavy atom. The molecule has 1 aromatic rings. The third-order valence-electron chi connectivity index (χ3n) is 3.99. The number of aromatic amines is 1. The number of anilines is 1. The van der Waals surface area contributed by atoms with Crippen LogP contribution in [-0.2, 0) is 0 Å². The molecule has 18 heavy (non-hydrogen) atoms. The van der Waals surface area contributed by atoms with Crippen LogP contribution < -0.4 is 10.9 Å². The minimum atomic E-state index is -0.333. The van der Waals surface area contributed by atoms with Gasteiger partial charge in [0.05, 0.1) is 11.9 Å². The molecule has 2 aliphatic rings. The zero-order chi connectivity index (χ0) is 12.5. The molecule has 0 radical (unpaired) electrons. The lowest BCUT2D eigenvalue weighted by Gasteiger charge is -2.32. The molecule has 1 aromatic heterocycles. The molecule has 0 saturated carbocycles. The molecule has 2 aliphatic heterocycles. The van der Waals surface area contributed by atoms with Crippen LogP contribution in [0.15, 0.2) is 11.0 Å². The van der Waals surface area contributed by atoms with Crippen LogP contribution in [0.1, 0.15) is 25.7 Å². The molecule has 0 spiro atoms. The first-order valence-corrected chi connectivity index (χ1v) is 6.87. The van der Waals surface area contributed by atoms with Crippen LogP contribution in [0.5, 0.6) is 0 Å². The van der Waals surface area contributed by atoms with Crippen LogP contribution in [0.25, 0.3) is 0 Å². The summed E-state index contributed by atoms with van der Waals surface area (Å²) in [6.45, 7) is 2.33. The number of aromatic nitrogens is 2. The van der Waals surface area contributed by atoms with Crippen molar-refractivity contribution in [3.63, 3.8) is 0 Å². The van der Waals surface area contributed by atoms with Crippen molar-refractivity contribution >= 4 is 17.3 Å². The molecule has 2 unspecified atom stereocenters. The Bertz CT molecular complexity index is 489. The number of halogens is 1. The molecular weight excluding hydrogens is 252 g/mol. The van der Waals surface area contributed by atoms with Crippen molar-refractivity contribution in [2.75, 3.05) is 18.4 Å². The van der Waals surface area contributed by atoms with Crippen LogP contribution in [0.4, 0.5) is 5.69 Å². The Morgan fingerprint density at radius 1 is 1.39 bits per heavy atom. The van der Waals surface area contributed by atoms with Crippen LogP contribution in [0, 0.1) is 0 Å². The first-order chi connectivity index (χ1) is 8.75. The molecule has 0 amide bonds. The fourth-order valence-corrected chi connectivity index (χ4v) is 3.25. The third-order valence-corrected chi connectivity index (χ3v) is 4.37. The second kappa shape index (κ2) is 4.90. The first kappa shape index (κ1) is 12.0. The van der Waals surface area contributed by atoms with Gasteiger partial charge >= 0.3 is 0 Å². The molecule has 2 fully saturated rings. The van der Waals surface area contributed by atoms with E-state index in [9.17, 15) is 4.79 Å². The fraction of sp³-hybridized carbons (Fsp3) is 0.667. The van der Waals surface area contributed by atoms with Crippen LogP contribution in [0.2, 0.25) is 5.02 Å². The van der Waals surface area contributed by atoms with Crippen molar-refractivity contribution < 1.29 is 0 Å². The number of nitrogens with one attached hydrogen (secondary N) is 2. The predicted octanol–water partition coefficient (Wildman–Crippen LogP) is 1.46. The molecular formula is C12H17ClN4O. The topological polar surface area (TPSA) is 61.0 Å². The zero-order valence-electron chi connectivity index (χ0n) is 10.2. The molecule has 6 heteroatoms. The van der Waals surface area contributed by atoms with Crippen molar-refractivity contribution in [1.29, 1.82) is 0 Å². The van der Waals surface area contributed by atoms with E-state index >= 15 is 0 Å². The summed E-state index contributed by atoms with van der Waals surface area (Å²) in [5.41, 5.74) is 0.318. The summed E-state index contributed by atoms with van der Waals surface area (Å²) >= 11 is 5.99. The number of hydrogen-bond donors (Lipinski definition) is 2. The molecule has 5 nitrogen and oxygen atoms in total. The van der Waals surface area contributed by atoms with Gasteiger partial charge in [-0.15, -0.1) is 0 Å². The van der Waals surface area contributed by atoms with Gasteiger partial charge in [-0.3, -0.25) is 9.69 Å². The van der Waals surface area contributed by atoms with Crippen LogP contribution >= 0.6 is 11.6 Å². The summed E-state index contributed by atoms with van der Waals surface area (Å²) in [4.78, 5) is 13.9. The minimum Gasteiger partial charge on any atom is -0.378 e. The Morgan fingerprint density at radius 3 is 3.17 bits per heavy atom. The molecule has 0 bridgehead atoms. The SMILES string of the molecule is O=c1[nH]ncc(NC2CCN3CCCCC23)c1Cl. The Kier molecular flexibility index (Phi) is 3.26. The van der Waals surface area contributed by atoms with E-state index < -0.39 is 0 Å². The van der Waals surface area contributed by atoms with Crippen LogP contribution in [0.3, 0.4) is 0 Å². The largest absolute Gasteiger partial charge is 0.378 e. The summed E-state index contributed by atoms with van der Waals surface area (Å²) in [6.07, 6.45) is 6.52. The highest BCUT2D eigenvalue weighted by atomic mass is 35.5. The molecule has 98 valence electrons. The molecule has 2 N–H and O–H groups in total. The van der Waals surface area contributed by atoms with Gasteiger partial charge < -0.3 is 5.32 Å². The molecule has 3 heterocycles. The highest BCUT2D eigenvalue weighted by molar-refractivity contribution is 6.32. The quantitative estimate of drug-likeness (QED) is 0.853. The summed E-state index contributed by atoms with van der Waals surface area (Å²) in [5, 5.41) is 9.73. The van der Waals surface area contributed by atoms with Crippen molar-refractivity contribution in [1.82, 2.24) is 15.1 Å². The van der Waals surface area contributed by atoms with Crippen molar-refractivity contribution in [3.05, 3.63) is 21.6 Å². The summed E-state index contributed by atoms with van der Waals surface area (Å²) in [7, 11) is 0. The van der Waals surface area contributed by atoms with Gasteiger partial charge in [-0.05, 0) is 25.8 Å². The van der Waals surface area contributed by atoms with E-state index in [0.717, 1.165) is 13.0 Å². The standard InChI is InChI=1S/C12H17ClN4O/c13-11-9(7-14-16-12(11)18)15-8-4-6-17-5-2-1-3-10(8)17/h7-8,10H,1-6H2,(H2,15,16,18). The summed E-state index contributed by atoms with van der Waals surface area (Å²) in [5.74, 6) is 0. The Labute approximate surface area is 111 Å². The zero-order valence-corrected chi connectivity index (χ0v) is 10.9. The first-order valence-electron chi connectivity index (χ1n) is 6.49. The monoisotopic (exact) mass is 268 g/mol. The number of hydrogen-bond acceptors (Lipinski definition) is 4. The lowest BCUT2D eigenvalue weighted by Crippen LogP contribution is -2.41. The second-order valence-corrected chi connectivity index (χ2v) is 5.44. The minimum absolute atomic E-state index is 0.208. The van der Waals surface area contributed by atoms with Crippen molar-refractivity contribution in [2.24, 2.45) is 0 Å². The van der Waals surface area contributed by atoms with Gasteiger partial charge in [0.15, 0.2) is 0 Å². The van der Waals surface area contributed by atoms with E-state index in [1.165, 1.54) is 25.8 Å². The van der Waals surface area contributed by atoms with Gasteiger partial charge in [0.25, 0.3) is 5.56 Å². The van der Waals surface area contributed by atoms with E-state index in [4.69, 9.17) is 11.6 Å². The number of fused-ring (bicyclic) bond motifs is 1. The van der Waals surface area contributed by atoms with Gasteiger partial charge in [-0.25, -0.2) is 5.10 Å². The van der Waals surface area contributed by atoms with E-state index in [1.807, 2.05) is 0 Å². The van der Waals surface area contributed by atoms with E-state index in [1.54, 1.807) is 6.20 Å². The van der Waals surface area contributed by atoms with Gasteiger partial charge in [0.2, 0.25) is 0 Å². The second-order valence-electron chi connectivity index (χ2n) is 5.07. The average molecular weight is 269 g/mol. The smallest absolute Gasteiger partial charge is 0.285 e. The maximum absolute atomic E-state index is 11.4. The number of piperidine rings is 1. The molecule has 2 saturated heterocycles. The predicted molar refractivity (Wildman–Crippen MR) is 71.1 cm³/mol. The number of nitrogens with zero attached hydrogens (tertiary/aromatic N) is 2. The highest BCUT2D eigenvalue weighted by Gasteiger charge is 2.35. The molecule has 0 aliphatic carbocycles. The highest BCUT2D eigenvalue weighted by Crippen LogP contribution is 2.30.